The minimum atomic E-state index is -1.17. The highest BCUT2D eigenvalue weighted by Crippen LogP contribution is 2.26. The molecule has 1 aromatic rings. The Morgan fingerprint density at radius 2 is 1.73 bits per heavy atom. The van der Waals surface area contributed by atoms with Gasteiger partial charge in [0.25, 0.3) is 0 Å². The first kappa shape index (κ1) is 30.0. The molecule has 1 aliphatic rings. The molecule has 1 fully saturated rings. The number of hydrogen-bond acceptors (Lipinski definition) is 9. The summed E-state index contributed by atoms with van der Waals surface area (Å²) in [5.41, 5.74) is -0.716. The number of esters is 1. The van der Waals surface area contributed by atoms with E-state index in [1.54, 1.807) is 40.7 Å². The molecular formula is C26H40N2O9. The summed E-state index contributed by atoms with van der Waals surface area (Å²) in [5, 5.41) is 2.51. The molecule has 0 bridgehead atoms. The summed E-state index contributed by atoms with van der Waals surface area (Å²) in [5.74, 6) is 0.208. The number of carbonyl (C=O) groups is 3. The van der Waals surface area contributed by atoms with Crippen LogP contribution in [0.5, 0.6) is 11.5 Å². The van der Waals surface area contributed by atoms with E-state index in [9.17, 15) is 14.4 Å². The number of nitrogens with one attached hydrogen (secondary N) is 1. The van der Waals surface area contributed by atoms with Gasteiger partial charge in [-0.05, 0) is 45.7 Å². The molecule has 208 valence electrons. The van der Waals surface area contributed by atoms with Crippen LogP contribution < -0.4 is 14.8 Å². The average Bonchev–Trinajstić information content (AvgIpc) is 2.81. The van der Waals surface area contributed by atoms with Crippen LogP contribution in [0.2, 0.25) is 0 Å². The molecule has 0 radical (unpaired) electrons. The number of nitrogens with zero attached hydrogens (tertiary/aromatic N) is 1. The highest BCUT2D eigenvalue weighted by molar-refractivity contribution is 5.82. The van der Waals surface area contributed by atoms with Crippen molar-refractivity contribution < 1.29 is 42.8 Å². The van der Waals surface area contributed by atoms with Crippen LogP contribution in [0, 0.1) is 5.92 Å². The molecule has 11 heteroatoms. The number of ether oxygens (including phenoxy) is 6. The Kier molecular flexibility index (Phi) is 11.3. The Bertz CT molecular complexity index is 900. The zero-order chi connectivity index (χ0) is 27.6. The molecule has 1 unspecified atom stereocenters. The third kappa shape index (κ3) is 10.4. The van der Waals surface area contributed by atoms with Gasteiger partial charge in [0.1, 0.15) is 24.4 Å². The van der Waals surface area contributed by atoms with E-state index >= 15 is 0 Å². The largest absolute Gasteiger partial charge is 0.490 e. The number of rotatable bonds is 10. The van der Waals surface area contributed by atoms with Crippen molar-refractivity contribution in [3.63, 3.8) is 0 Å². The van der Waals surface area contributed by atoms with E-state index in [-0.39, 0.29) is 25.2 Å². The van der Waals surface area contributed by atoms with Crippen LogP contribution in [0.15, 0.2) is 24.3 Å². The summed E-state index contributed by atoms with van der Waals surface area (Å²) in [7, 11) is 0. The second-order valence-electron chi connectivity index (χ2n) is 9.89. The molecule has 0 spiro atoms. The second-order valence-corrected chi connectivity index (χ2v) is 9.89. The molecule has 2 rings (SSSR count). The fourth-order valence-corrected chi connectivity index (χ4v) is 3.42. The predicted octanol–water partition coefficient (Wildman–Crippen LogP) is 3.74. The highest BCUT2D eigenvalue weighted by atomic mass is 16.7. The maximum atomic E-state index is 12.7. The van der Waals surface area contributed by atoms with Crippen molar-refractivity contribution >= 4 is 18.2 Å². The molecule has 0 aliphatic carbocycles. The normalized spacial score (nSPS) is 17.4. The molecule has 37 heavy (non-hydrogen) atoms. The zero-order valence-corrected chi connectivity index (χ0v) is 22.8. The van der Waals surface area contributed by atoms with Crippen molar-refractivity contribution in [2.45, 2.75) is 72.5 Å². The number of morpholine rings is 1. The third-order valence-corrected chi connectivity index (χ3v) is 5.11. The molecule has 0 aromatic heterocycles. The lowest BCUT2D eigenvalue weighted by atomic mass is 10.1. The Balaban J connectivity index is 1.85. The summed E-state index contributed by atoms with van der Waals surface area (Å²) < 4.78 is 33.0. The maximum absolute atomic E-state index is 12.7. The number of amides is 2. The Labute approximate surface area is 218 Å². The van der Waals surface area contributed by atoms with Crippen molar-refractivity contribution in [2.75, 3.05) is 32.9 Å². The van der Waals surface area contributed by atoms with Crippen LogP contribution in [0.1, 0.15) is 48.5 Å². The lowest BCUT2D eigenvalue weighted by Crippen LogP contribution is -2.50. The molecule has 1 saturated heterocycles. The summed E-state index contributed by atoms with van der Waals surface area (Å²) >= 11 is 0. The van der Waals surface area contributed by atoms with Gasteiger partial charge in [-0.1, -0.05) is 26.0 Å². The van der Waals surface area contributed by atoms with Crippen molar-refractivity contribution in [1.82, 2.24) is 10.2 Å². The third-order valence-electron chi connectivity index (χ3n) is 5.11. The lowest BCUT2D eigenvalue weighted by Gasteiger charge is -2.33. The van der Waals surface area contributed by atoms with Crippen LogP contribution in [0.4, 0.5) is 9.59 Å². The molecule has 2 amide bonds. The average molecular weight is 525 g/mol. The number of benzene rings is 1. The first-order valence-electron chi connectivity index (χ1n) is 12.5. The standard InChI is InChI=1S/C26H40N2O9/c1-8-32-20-11-9-10-12-21(20)34-16-19-15-28(13-14-33-19)25(31)36-18(4)35-23(29)22(17(2)3)27-24(30)37-26(5,6)7/h9-12,17-19,22H,8,13-16H2,1-7H3,(H,27,30)/t18?,19-,22-/m0/s1. The minimum Gasteiger partial charge on any atom is -0.490 e. The van der Waals surface area contributed by atoms with Crippen molar-refractivity contribution in [2.24, 2.45) is 5.92 Å². The fourth-order valence-electron chi connectivity index (χ4n) is 3.42. The maximum Gasteiger partial charge on any atom is 0.413 e. The van der Waals surface area contributed by atoms with Gasteiger partial charge in [-0.25, -0.2) is 14.4 Å². The van der Waals surface area contributed by atoms with Crippen molar-refractivity contribution in [3.8, 4) is 11.5 Å². The molecule has 1 N–H and O–H groups in total. The molecular weight excluding hydrogens is 484 g/mol. The quantitative estimate of drug-likeness (QED) is 0.360. The zero-order valence-electron chi connectivity index (χ0n) is 22.8. The molecule has 1 aliphatic heterocycles. The summed E-state index contributed by atoms with van der Waals surface area (Å²) in [6, 6.07) is 6.36. The van der Waals surface area contributed by atoms with E-state index in [1.165, 1.54) is 11.8 Å². The van der Waals surface area contributed by atoms with Crippen LogP contribution >= 0.6 is 0 Å². The van der Waals surface area contributed by atoms with Crippen LogP contribution in [-0.4, -0.2) is 80.0 Å². The fraction of sp³-hybridized carbons (Fsp3) is 0.654. The van der Waals surface area contributed by atoms with Gasteiger partial charge >= 0.3 is 18.2 Å². The first-order valence-corrected chi connectivity index (χ1v) is 12.5. The number of para-hydroxylation sites is 2. The predicted molar refractivity (Wildman–Crippen MR) is 134 cm³/mol. The van der Waals surface area contributed by atoms with Gasteiger partial charge in [-0.15, -0.1) is 0 Å². The molecule has 11 nitrogen and oxygen atoms in total. The molecule has 0 saturated carbocycles. The van der Waals surface area contributed by atoms with E-state index in [0.29, 0.717) is 31.3 Å². The summed E-state index contributed by atoms with van der Waals surface area (Å²) in [4.78, 5) is 38.9. The first-order chi connectivity index (χ1) is 17.4. The smallest absolute Gasteiger partial charge is 0.413 e. The minimum absolute atomic E-state index is 0.213. The monoisotopic (exact) mass is 524 g/mol. The van der Waals surface area contributed by atoms with Crippen LogP contribution in [0.25, 0.3) is 0 Å². The number of carbonyl (C=O) groups excluding carboxylic acids is 3. The van der Waals surface area contributed by atoms with Crippen molar-refractivity contribution in [3.05, 3.63) is 24.3 Å². The lowest BCUT2D eigenvalue weighted by molar-refractivity contribution is -0.170. The molecule has 3 atom stereocenters. The van der Waals surface area contributed by atoms with E-state index in [1.807, 2.05) is 25.1 Å². The molecule has 1 aromatic carbocycles. The van der Waals surface area contributed by atoms with E-state index in [4.69, 9.17) is 28.4 Å². The highest BCUT2D eigenvalue weighted by Gasteiger charge is 2.31. The van der Waals surface area contributed by atoms with E-state index < -0.39 is 36.1 Å². The van der Waals surface area contributed by atoms with E-state index in [2.05, 4.69) is 5.32 Å². The van der Waals surface area contributed by atoms with Gasteiger partial charge in [0.05, 0.1) is 19.8 Å². The van der Waals surface area contributed by atoms with Crippen LogP contribution in [0.3, 0.4) is 0 Å². The van der Waals surface area contributed by atoms with Gasteiger partial charge in [-0.3, -0.25) is 0 Å². The topological polar surface area (TPSA) is 122 Å². The van der Waals surface area contributed by atoms with Crippen molar-refractivity contribution in [1.29, 1.82) is 0 Å². The number of hydrogen-bond donors (Lipinski definition) is 1. The Morgan fingerprint density at radius 3 is 2.32 bits per heavy atom. The Hall–Kier alpha value is -3.21. The second kappa shape index (κ2) is 13.9. The SMILES string of the molecule is CCOc1ccccc1OC[C@@H]1CN(C(=O)OC(C)OC(=O)[C@@H](NC(=O)OC(C)(C)C)C(C)C)CCO1. The van der Waals surface area contributed by atoms with E-state index in [0.717, 1.165) is 0 Å². The van der Waals surface area contributed by atoms with Gasteiger partial charge in [0.2, 0.25) is 6.29 Å². The summed E-state index contributed by atoms with van der Waals surface area (Å²) in [6.45, 7) is 13.6. The van der Waals surface area contributed by atoms with Gasteiger partial charge in [0.15, 0.2) is 11.5 Å². The Morgan fingerprint density at radius 1 is 1.08 bits per heavy atom. The number of alkyl carbamates (subject to hydrolysis) is 1. The van der Waals surface area contributed by atoms with Crippen LogP contribution in [-0.2, 0) is 23.7 Å². The molecule has 1 heterocycles. The summed E-state index contributed by atoms with van der Waals surface area (Å²) in [6.07, 6.45) is -2.93. The van der Waals surface area contributed by atoms with Gasteiger partial charge in [-0.2, -0.15) is 0 Å². The van der Waals surface area contributed by atoms with Gasteiger partial charge < -0.3 is 38.6 Å². The van der Waals surface area contributed by atoms with Gasteiger partial charge in [0, 0.05) is 13.5 Å².